The summed E-state index contributed by atoms with van der Waals surface area (Å²) in [5, 5.41) is 0. The Balaban J connectivity index is 2.39. The van der Waals surface area contributed by atoms with Crippen molar-refractivity contribution in [3.05, 3.63) is 0 Å². The molecule has 0 aromatic heterocycles. The summed E-state index contributed by atoms with van der Waals surface area (Å²) in [6.45, 7) is 2.78. The van der Waals surface area contributed by atoms with Gasteiger partial charge in [-0.1, -0.05) is 0 Å². The zero-order valence-corrected chi connectivity index (χ0v) is 9.58. The summed E-state index contributed by atoms with van der Waals surface area (Å²) in [4.78, 5) is 0. The van der Waals surface area contributed by atoms with Gasteiger partial charge < -0.3 is 0 Å². The number of piperidine rings is 1. The van der Waals surface area contributed by atoms with E-state index in [1.165, 1.54) is 32.4 Å². The van der Waals surface area contributed by atoms with Crippen LogP contribution in [0.2, 0.25) is 17.3 Å². The van der Waals surface area contributed by atoms with E-state index in [1.807, 2.05) is 0 Å². The molecule has 0 saturated carbocycles. The number of rotatable bonds is 1. The molecule has 2 heteroatoms. The van der Waals surface area contributed by atoms with Gasteiger partial charge >= 0.3 is 67.0 Å². The molecule has 0 unspecified atom stereocenters. The molecule has 0 atom stereocenters. The number of nitrogens with zero attached hydrogens (tertiary/aromatic N) is 1. The van der Waals surface area contributed by atoms with Crippen LogP contribution in [-0.4, -0.2) is 30.4 Å². The average Bonchev–Trinajstić information content (AvgIpc) is 1.88. The quantitative estimate of drug-likeness (QED) is 0.589. The van der Waals surface area contributed by atoms with Gasteiger partial charge in [-0.05, 0) is 0 Å². The first-order valence-corrected chi connectivity index (χ1v) is 11.6. The van der Waals surface area contributed by atoms with E-state index >= 15 is 0 Å². The van der Waals surface area contributed by atoms with Crippen LogP contribution in [0.3, 0.4) is 0 Å². The third-order valence-electron chi connectivity index (χ3n) is 2.30. The van der Waals surface area contributed by atoms with Crippen molar-refractivity contribution in [2.24, 2.45) is 0 Å². The first kappa shape index (κ1) is 8.60. The first-order chi connectivity index (χ1) is 4.61. The van der Waals surface area contributed by atoms with E-state index in [2.05, 4.69) is 21.1 Å². The Bertz CT molecular complexity index is 100. The van der Waals surface area contributed by atoms with E-state index in [-0.39, 0.29) is 0 Å². The molecule has 0 amide bonds. The van der Waals surface area contributed by atoms with Crippen molar-refractivity contribution in [1.82, 2.24) is 3.86 Å². The Hall–Kier alpha value is 0.503. The molecule has 0 aromatic carbocycles. The van der Waals surface area contributed by atoms with Crippen molar-refractivity contribution >= 4 is 13.5 Å². The molecule has 1 nitrogen and oxygen atoms in total. The van der Waals surface area contributed by atoms with Crippen LogP contribution in [-0.2, 0) is 0 Å². The monoisotopic (exact) mass is 203 g/mol. The van der Waals surface area contributed by atoms with Gasteiger partial charge in [0, 0.05) is 0 Å². The van der Waals surface area contributed by atoms with Crippen LogP contribution in [0.5, 0.6) is 0 Å². The summed E-state index contributed by atoms with van der Waals surface area (Å²) < 4.78 is 2.77. The van der Waals surface area contributed by atoms with Crippen molar-refractivity contribution in [2.75, 3.05) is 13.1 Å². The summed E-state index contributed by atoms with van der Waals surface area (Å²) in [5.74, 6) is 7.47. The molecule has 0 bridgehead atoms. The average molecular weight is 202 g/mol. The molecule has 0 radical (unpaired) electrons. The second-order valence-electron chi connectivity index (χ2n) is 4.22. The normalized spacial score (nSPS) is 23.1. The van der Waals surface area contributed by atoms with Crippen molar-refractivity contribution < 1.29 is 0 Å². The minimum atomic E-state index is -1.39. The van der Waals surface area contributed by atoms with E-state index < -0.39 is 13.5 Å². The zero-order chi connectivity index (χ0) is 7.61. The van der Waals surface area contributed by atoms with Gasteiger partial charge in [0.05, 0.1) is 0 Å². The molecular formula is C8H19GeN. The Morgan fingerprint density at radius 3 is 1.70 bits per heavy atom. The standard InChI is InChI=1S/C8H19GeN/c1-9(2,3)10-7-5-4-6-8-10/h4-8H2,1-3H3. The Morgan fingerprint density at radius 1 is 0.900 bits per heavy atom. The zero-order valence-electron chi connectivity index (χ0n) is 7.48. The molecule has 1 heterocycles. The third kappa shape index (κ3) is 2.28. The summed E-state index contributed by atoms with van der Waals surface area (Å²) in [5.41, 5.74) is 0. The van der Waals surface area contributed by atoms with Crippen molar-refractivity contribution in [3.8, 4) is 0 Å². The van der Waals surface area contributed by atoms with Crippen LogP contribution in [0, 0.1) is 0 Å². The van der Waals surface area contributed by atoms with Crippen molar-refractivity contribution in [3.63, 3.8) is 0 Å². The Morgan fingerprint density at radius 2 is 1.40 bits per heavy atom. The van der Waals surface area contributed by atoms with E-state index in [1.54, 1.807) is 0 Å². The Labute approximate surface area is 67.4 Å². The molecular weight excluding hydrogens is 183 g/mol. The summed E-state index contributed by atoms with van der Waals surface area (Å²) in [6.07, 6.45) is 4.36. The molecule has 60 valence electrons. The maximum absolute atomic E-state index is 2.77. The van der Waals surface area contributed by atoms with E-state index in [4.69, 9.17) is 0 Å². The first-order valence-electron chi connectivity index (χ1n) is 4.36. The summed E-state index contributed by atoms with van der Waals surface area (Å²) in [6, 6.07) is 0. The predicted octanol–water partition coefficient (Wildman–Crippen LogP) is 2.31. The third-order valence-corrected chi connectivity index (χ3v) is 7.22. The fourth-order valence-electron chi connectivity index (χ4n) is 1.56. The molecule has 0 aliphatic carbocycles. The van der Waals surface area contributed by atoms with Crippen molar-refractivity contribution in [2.45, 2.75) is 36.5 Å². The van der Waals surface area contributed by atoms with Gasteiger partial charge in [0.15, 0.2) is 0 Å². The number of hydrogen-bond acceptors (Lipinski definition) is 1. The fraction of sp³-hybridized carbons (Fsp3) is 1.00. The fourth-order valence-corrected chi connectivity index (χ4v) is 5.04. The minimum absolute atomic E-state index is 1.39. The molecule has 1 rings (SSSR count). The predicted molar refractivity (Wildman–Crippen MR) is 48.8 cm³/mol. The molecule has 0 N–H and O–H groups in total. The van der Waals surface area contributed by atoms with Crippen LogP contribution >= 0.6 is 0 Å². The molecule has 1 aliphatic rings. The van der Waals surface area contributed by atoms with E-state index in [0.717, 1.165) is 0 Å². The van der Waals surface area contributed by atoms with Crippen molar-refractivity contribution in [1.29, 1.82) is 0 Å². The molecule has 1 fully saturated rings. The van der Waals surface area contributed by atoms with Crippen LogP contribution in [0.15, 0.2) is 0 Å². The van der Waals surface area contributed by atoms with Gasteiger partial charge in [0.2, 0.25) is 0 Å². The van der Waals surface area contributed by atoms with E-state index in [9.17, 15) is 0 Å². The van der Waals surface area contributed by atoms with Gasteiger partial charge in [0.25, 0.3) is 0 Å². The summed E-state index contributed by atoms with van der Waals surface area (Å²) in [7, 11) is 0. The van der Waals surface area contributed by atoms with Gasteiger partial charge in [-0.15, -0.1) is 0 Å². The second-order valence-corrected chi connectivity index (χ2v) is 14.7. The van der Waals surface area contributed by atoms with Gasteiger partial charge in [-0.3, -0.25) is 0 Å². The van der Waals surface area contributed by atoms with Crippen LogP contribution in [0.1, 0.15) is 19.3 Å². The summed E-state index contributed by atoms with van der Waals surface area (Å²) >= 11 is -1.39. The number of hydrogen-bond donors (Lipinski definition) is 0. The topological polar surface area (TPSA) is 3.24 Å². The van der Waals surface area contributed by atoms with Crippen LogP contribution < -0.4 is 0 Å². The van der Waals surface area contributed by atoms with E-state index in [0.29, 0.717) is 0 Å². The molecule has 0 aromatic rings. The van der Waals surface area contributed by atoms with Gasteiger partial charge in [-0.2, -0.15) is 0 Å². The van der Waals surface area contributed by atoms with Crippen LogP contribution in [0.4, 0.5) is 0 Å². The molecule has 0 spiro atoms. The van der Waals surface area contributed by atoms with Crippen LogP contribution in [0.25, 0.3) is 0 Å². The molecule has 1 aliphatic heterocycles. The maximum atomic E-state index is 2.77. The van der Waals surface area contributed by atoms with Gasteiger partial charge in [0.1, 0.15) is 0 Å². The molecule has 10 heavy (non-hydrogen) atoms. The SMILES string of the molecule is [CH3][Ge]([CH3])([CH3])[N]1CCCCC1. The molecule has 1 saturated heterocycles. The van der Waals surface area contributed by atoms with Gasteiger partial charge in [-0.25, -0.2) is 0 Å². The second kappa shape index (κ2) is 3.27. The Kier molecular flexibility index (Phi) is 2.81.